The summed E-state index contributed by atoms with van der Waals surface area (Å²) < 4.78 is 0. The molecule has 0 bridgehead atoms. The Kier molecular flexibility index (Phi) is 3.01. The van der Waals surface area contributed by atoms with Crippen LogP contribution in [-0.2, 0) is 12.8 Å². The maximum atomic E-state index is 12.6. The Morgan fingerprint density at radius 3 is 2.32 bits per heavy atom. The number of anilines is 1. The van der Waals surface area contributed by atoms with Crippen molar-refractivity contribution in [1.29, 1.82) is 0 Å². The van der Waals surface area contributed by atoms with Gasteiger partial charge in [0.2, 0.25) is 0 Å². The van der Waals surface area contributed by atoms with E-state index in [-0.39, 0.29) is 11.8 Å². The quantitative estimate of drug-likeness (QED) is 0.599. The summed E-state index contributed by atoms with van der Waals surface area (Å²) in [5.41, 5.74) is 2.93. The smallest absolute Gasteiger partial charge is 0.267 e. The molecule has 0 N–H and O–H groups in total. The maximum Gasteiger partial charge on any atom is 0.267 e. The first-order chi connectivity index (χ1) is 10.7. The summed E-state index contributed by atoms with van der Waals surface area (Å²) in [5, 5.41) is 0.326. The second-order valence-electron chi connectivity index (χ2n) is 5.60. The van der Waals surface area contributed by atoms with Crippen molar-refractivity contribution in [3.63, 3.8) is 0 Å². The molecule has 0 unspecified atom stereocenters. The van der Waals surface area contributed by atoms with Crippen LogP contribution in [0.15, 0.2) is 30.3 Å². The number of pyridine rings is 1. The van der Waals surface area contributed by atoms with Crippen LogP contribution in [0.4, 0.5) is 5.82 Å². The Morgan fingerprint density at radius 1 is 1.00 bits per heavy atom. The van der Waals surface area contributed by atoms with Gasteiger partial charge in [-0.1, -0.05) is 23.7 Å². The SMILES string of the molecule is O=C1c2ccccc2C(=O)N1c1nc(Cl)cc2c1CCCC2. The summed E-state index contributed by atoms with van der Waals surface area (Å²) in [6.45, 7) is 0. The monoisotopic (exact) mass is 312 g/mol. The number of aryl methyl sites for hydroxylation is 1. The molecule has 4 nitrogen and oxygen atoms in total. The molecule has 110 valence electrons. The van der Waals surface area contributed by atoms with E-state index in [1.165, 1.54) is 4.90 Å². The van der Waals surface area contributed by atoms with Crippen molar-refractivity contribution in [3.05, 3.63) is 57.7 Å². The summed E-state index contributed by atoms with van der Waals surface area (Å²) in [5.74, 6) is -0.223. The first kappa shape index (κ1) is 13.5. The van der Waals surface area contributed by atoms with Crippen LogP contribution in [0, 0.1) is 0 Å². The molecular weight excluding hydrogens is 300 g/mol. The van der Waals surface area contributed by atoms with E-state index in [2.05, 4.69) is 4.98 Å². The van der Waals surface area contributed by atoms with Crippen LogP contribution < -0.4 is 4.90 Å². The number of nitrogens with zero attached hydrogens (tertiary/aromatic N) is 2. The van der Waals surface area contributed by atoms with E-state index in [0.29, 0.717) is 22.1 Å². The molecule has 2 heterocycles. The molecule has 2 aromatic rings. The minimum Gasteiger partial charge on any atom is -0.268 e. The van der Waals surface area contributed by atoms with Crippen molar-refractivity contribution < 1.29 is 9.59 Å². The lowest BCUT2D eigenvalue weighted by atomic mass is 9.92. The highest BCUT2D eigenvalue weighted by Crippen LogP contribution is 2.35. The van der Waals surface area contributed by atoms with Crippen molar-refractivity contribution in [3.8, 4) is 0 Å². The predicted molar refractivity (Wildman–Crippen MR) is 83.5 cm³/mol. The summed E-state index contributed by atoms with van der Waals surface area (Å²) in [4.78, 5) is 30.7. The fourth-order valence-corrected chi connectivity index (χ4v) is 3.47. The average Bonchev–Trinajstić information content (AvgIpc) is 2.78. The number of imide groups is 1. The van der Waals surface area contributed by atoms with Gasteiger partial charge in [0, 0.05) is 0 Å². The average molecular weight is 313 g/mol. The van der Waals surface area contributed by atoms with Gasteiger partial charge >= 0.3 is 0 Å². The van der Waals surface area contributed by atoms with E-state index in [4.69, 9.17) is 11.6 Å². The van der Waals surface area contributed by atoms with Gasteiger partial charge in [-0.2, -0.15) is 0 Å². The Bertz CT molecular complexity index is 781. The first-order valence-corrected chi connectivity index (χ1v) is 7.71. The van der Waals surface area contributed by atoms with Crippen molar-refractivity contribution in [2.75, 3.05) is 4.90 Å². The minimum atomic E-state index is -0.317. The third-order valence-corrected chi connectivity index (χ3v) is 4.49. The van der Waals surface area contributed by atoms with E-state index in [1.54, 1.807) is 24.3 Å². The molecule has 0 saturated heterocycles. The van der Waals surface area contributed by atoms with Crippen LogP contribution in [0.2, 0.25) is 5.15 Å². The molecule has 2 aliphatic rings. The standard InChI is InChI=1S/C17H13ClN2O2/c18-14-9-10-5-1-2-6-11(10)15(19-14)20-16(21)12-7-3-4-8-13(12)17(20)22/h3-4,7-9H,1-2,5-6H2. The number of carbonyl (C=O) groups is 2. The predicted octanol–water partition coefficient (Wildman–Crippen LogP) is 3.41. The topological polar surface area (TPSA) is 50.3 Å². The molecule has 1 aliphatic carbocycles. The van der Waals surface area contributed by atoms with Crippen LogP contribution >= 0.6 is 11.6 Å². The van der Waals surface area contributed by atoms with Crippen molar-refractivity contribution in [2.45, 2.75) is 25.7 Å². The third-order valence-electron chi connectivity index (χ3n) is 4.29. The molecule has 5 heteroatoms. The van der Waals surface area contributed by atoms with Gasteiger partial charge in [0.15, 0.2) is 0 Å². The number of hydrogen-bond acceptors (Lipinski definition) is 3. The number of fused-ring (bicyclic) bond motifs is 2. The number of amides is 2. The van der Waals surface area contributed by atoms with Gasteiger partial charge in [-0.3, -0.25) is 9.59 Å². The highest BCUT2D eigenvalue weighted by Gasteiger charge is 2.39. The van der Waals surface area contributed by atoms with Crippen LogP contribution in [0.3, 0.4) is 0 Å². The summed E-state index contributed by atoms with van der Waals surface area (Å²) >= 11 is 6.11. The van der Waals surface area contributed by atoms with Gasteiger partial charge in [-0.05, 0) is 55.0 Å². The summed E-state index contributed by atoms with van der Waals surface area (Å²) in [7, 11) is 0. The van der Waals surface area contributed by atoms with Gasteiger partial charge in [0.05, 0.1) is 11.1 Å². The van der Waals surface area contributed by atoms with E-state index >= 15 is 0 Å². The van der Waals surface area contributed by atoms with Crippen molar-refractivity contribution >= 4 is 29.2 Å². The number of rotatable bonds is 1. The van der Waals surface area contributed by atoms with Gasteiger partial charge in [0.1, 0.15) is 11.0 Å². The number of benzene rings is 1. The fourth-order valence-electron chi connectivity index (χ4n) is 3.25. The minimum absolute atomic E-state index is 0.317. The summed E-state index contributed by atoms with van der Waals surface area (Å²) in [6, 6.07) is 8.71. The molecule has 4 rings (SSSR count). The zero-order valence-corrected chi connectivity index (χ0v) is 12.6. The second-order valence-corrected chi connectivity index (χ2v) is 5.99. The molecule has 0 fully saturated rings. The van der Waals surface area contributed by atoms with E-state index in [0.717, 1.165) is 36.8 Å². The number of halogens is 1. The second kappa shape index (κ2) is 4.92. The molecule has 2 amide bonds. The van der Waals surface area contributed by atoms with E-state index in [1.807, 2.05) is 6.07 Å². The Morgan fingerprint density at radius 2 is 1.64 bits per heavy atom. The lowest BCUT2D eigenvalue weighted by Gasteiger charge is -2.23. The van der Waals surface area contributed by atoms with Gasteiger partial charge in [-0.15, -0.1) is 0 Å². The first-order valence-electron chi connectivity index (χ1n) is 7.33. The Labute approximate surface area is 132 Å². The summed E-state index contributed by atoms with van der Waals surface area (Å²) in [6.07, 6.45) is 3.86. The maximum absolute atomic E-state index is 12.6. The molecule has 0 radical (unpaired) electrons. The van der Waals surface area contributed by atoms with Crippen LogP contribution in [-0.4, -0.2) is 16.8 Å². The van der Waals surface area contributed by atoms with Gasteiger partial charge < -0.3 is 0 Å². The third kappa shape index (κ3) is 1.87. The number of hydrogen-bond donors (Lipinski definition) is 0. The lowest BCUT2D eigenvalue weighted by Crippen LogP contribution is -2.32. The molecule has 22 heavy (non-hydrogen) atoms. The van der Waals surface area contributed by atoms with Crippen LogP contribution in [0.1, 0.15) is 44.7 Å². The van der Waals surface area contributed by atoms with Crippen molar-refractivity contribution in [1.82, 2.24) is 4.98 Å². The Hall–Kier alpha value is -2.20. The number of carbonyl (C=O) groups excluding carboxylic acids is 2. The molecule has 1 aliphatic heterocycles. The largest absolute Gasteiger partial charge is 0.268 e. The molecule has 1 aromatic heterocycles. The van der Waals surface area contributed by atoms with E-state index in [9.17, 15) is 9.59 Å². The normalized spacial score (nSPS) is 16.7. The van der Waals surface area contributed by atoms with E-state index < -0.39 is 0 Å². The molecule has 1 aromatic carbocycles. The zero-order valence-electron chi connectivity index (χ0n) is 11.8. The zero-order chi connectivity index (χ0) is 15.3. The highest BCUT2D eigenvalue weighted by atomic mass is 35.5. The Balaban J connectivity index is 1.89. The molecular formula is C17H13ClN2O2. The molecule has 0 saturated carbocycles. The van der Waals surface area contributed by atoms with Crippen LogP contribution in [0.25, 0.3) is 0 Å². The molecule has 0 spiro atoms. The fraction of sp³-hybridized carbons (Fsp3) is 0.235. The van der Waals surface area contributed by atoms with Crippen LogP contribution in [0.5, 0.6) is 0 Å². The van der Waals surface area contributed by atoms with Gasteiger partial charge in [0.25, 0.3) is 11.8 Å². The molecule has 0 atom stereocenters. The highest BCUT2D eigenvalue weighted by molar-refractivity contribution is 6.35. The lowest BCUT2D eigenvalue weighted by molar-refractivity contribution is 0.0924. The van der Waals surface area contributed by atoms with Gasteiger partial charge in [-0.25, -0.2) is 9.88 Å². The van der Waals surface area contributed by atoms with Crippen molar-refractivity contribution in [2.24, 2.45) is 0 Å². The number of aromatic nitrogens is 1.